The molecular formula is C19H15N3O5S. The number of esters is 1. The summed E-state index contributed by atoms with van der Waals surface area (Å²) in [5.74, 6) is -0.896. The second-order valence-corrected chi connectivity index (χ2v) is 6.76. The third-order valence-corrected chi connectivity index (χ3v) is 5.05. The number of carbonyl (C=O) groups excluding carboxylic acids is 2. The Morgan fingerprint density at radius 2 is 1.93 bits per heavy atom. The van der Waals surface area contributed by atoms with Crippen LogP contribution >= 0.6 is 11.3 Å². The van der Waals surface area contributed by atoms with Crippen LogP contribution in [-0.4, -0.2) is 28.5 Å². The minimum Gasteiger partial charge on any atom is -0.465 e. The third kappa shape index (κ3) is 4.04. The van der Waals surface area contributed by atoms with Crippen LogP contribution < -0.4 is 4.80 Å². The summed E-state index contributed by atoms with van der Waals surface area (Å²) in [6, 6.07) is 11.0. The van der Waals surface area contributed by atoms with Crippen molar-refractivity contribution in [1.29, 1.82) is 0 Å². The monoisotopic (exact) mass is 397 g/mol. The van der Waals surface area contributed by atoms with Gasteiger partial charge in [0.1, 0.15) is 0 Å². The molecule has 28 heavy (non-hydrogen) atoms. The maximum Gasteiger partial charge on any atom is 0.337 e. The van der Waals surface area contributed by atoms with Gasteiger partial charge in [-0.1, -0.05) is 11.3 Å². The van der Waals surface area contributed by atoms with Gasteiger partial charge in [0, 0.05) is 25.3 Å². The predicted octanol–water partition coefficient (Wildman–Crippen LogP) is 3.08. The molecule has 0 N–H and O–H groups in total. The second kappa shape index (κ2) is 7.97. The van der Waals surface area contributed by atoms with Crippen molar-refractivity contribution in [2.75, 3.05) is 7.11 Å². The zero-order chi connectivity index (χ0) is 20.3. The molecule has 1 heterocycles. The second-order valence-electron chi connectivity index (χ2n) is 5.75. The summed E-state index contributed by atoms with van der Waals surface area (Å²) in [5, 5.41) is 10.7. The molecule has 0 aliphatic rings. The molecular weight excluding hydrogens is 382 g/mol. The van der Waals surface area contributed by atoms with Crippen LogP contribution in [0.15, 0.2) is 53.5 Å². The Labute approximate surface area is 163 Å². The first-order chi connectivity index (χ1) is 13.4. The zero-order valence-corrected chi connectivity index (χ0v) is 15.8. The first-order valence-electron chi connectivity index (χ1n) is 8.08. The van der Waals surface area contributed by atoms with Crippen LogP contribution in [0.3, 0.4) is 0 Å². The lowest BCUT2D eigenvalue weighted by molar-refractivity contribution is -0.384. The predicted molar refractivity (Wildman–Crippen MR) is 105 cm³/mol. The fourth-order valence-electron chi connectivity index (χ4n) is 2.49. The number of benzene rings is 2. The van der Waals surface area contributed by atoms with Crippen molar-refractivity contribution in [2.24, 2.45) is 12.0 Å². The van der Waals surface area contributed by atoms with E-state index >= 15 is 0 Å². The molecule has 0 bridgehead atoms. The van der Waals surface area contributed by atoms with Crippen LogP contribution in [0, 0.1) is 10.1 Å². The molecule has 8 nitrogen and oxygen atoms in total. The van der Waals surface area contributed by atoms with Crippen LogP contribution in [-0.2, 0) is 16.6 Å². The maximum absolute atomic E-state index is 12.2. The SMILES string of the molecule is COC(=O)c1ccc2c(c1)sc(=NC(=O)C=Cc1ccc([N+](=O)[O-])cc1)n2C. The number of fused-ring (bicyclic) bond motifs is 1. The van der Waals surface area contributed by atoms with Gasteiger partial charge in [-0.05, 0) is 42.0 Å². The number of methoxy groups -OCH3 is 1. The van der Waals surface area contributed by atoms with Crippen LogP contribution in [0.5, 0.6) is 0 Å². The molecule has 0 fully saturated rings. The fraction of sp³-hybridized carbons (Fsp3) is 0.105. The molecule has 3 rings (SSSR count). The average molecular weight is 397 g/mol. The van der Waals surface area contributed by atoms with Crippen molar-refractivity contribution in [2.45, 2.75) is 0 Å². The number of aromatic nitrogens is 1. The smallest absolute Gasteiger partial charge is 0.337 e. The number of hydrogen-bond acceptors (Lipinski definition) is 6. The summed E-state index contributed by atoms with van der Waals surface area (Å²) < 4.78 is 7.28. The van der Waals surface area contributed by atoms with E-state index in [4.69, 9.17) is 4.74 Å². The Balaban J connectivity index is 1.86. The Kier molecular flexibility index (Phi) is 5.46. The van der Waals surface area contributed by atoms with Crippen LogP contribution in [0.25, 0.3) is 16.3 Å². The Hall–Kier alpha value is -3.59. The molecule has 142 valence electrons. The van der Waals surface area contributed by atoms with E-state index in [1.807, 2.05) is 0 Å². The number of rotatable bonds is 4. The van der Waals surface area contributed by atoms with Gasteiger partial charge in [-0.15, -0.1) is 0 Å². The number of nitro benzene ring substituents is 1. The lowest BCUT2D eigenvalue weighted by atomic mass is 10.2. The number of nitrogens with zero attached hydrogens (tertiary/aromatic N) is 3. The van der Waals surface area contributed by atoms with Crippen LogP contribution in [0.2, 0.25) is 0 Å². The lowest BCUT2D eigenvalue weighted by Gasteiger charge is -1.99. The van der Waals surface area contributed by atoms with Crippen LogP contribution in [0.4, 0.5) is 5.69 Å². The molecule has 9 heteroatoms. The number of thiazole rings is 1. The van der Waals surface area contributed by atoms with E-state index in [0.717, 1.165) is 10.2 Å². The van der Waals surface area contributed by atoms with Crippen molar-refractivity contribution < 1.29 is 19.2 Å². The maximum atomic E-state index is 12.2. The molecule has 0 saturated carbocycles. The lowest BCUT2D eigenvalue weighted by Crippen LogP contribution is -2.12. The van der Waals surface area contributed by atoms with E-state index in [1.54, 1.807) is 41.9 Å². The summed E-state index contributed by atoms with van der Waals surface area (Å²) in [6.45, 7) is 0. The first-order valence-corrected chi connectivity index (χ1v) is 8.90. The molecule has 2 aromatic carbocycles. The van der Waals surface area contributed by atoms with Crippen molar-refractivity contribution in [3.05, 3.63) is 74.6 Å². The van der Waals surface area contributed by atoms with E-state index in [9.17, 15) is 19.7 Å². The van der Waals surface area contributed by atoms with Gasteiger partial charge in [-0.25, -0.2) is 4.79 Å². The minimum absolute atomic E-state index is 0.0169. The normalized spacial score (nSPS) is 11.9. The molecule has 0 aliphatic heterocycles. The Morgan fingerprint density at radius 1 is 1.21 bits per heavy atom. The fourth-order valence-corrected chi connectivity index (χ4v) is 3.55. The largest absolute Gasteiger partial charge is 0.465 e. The molecule has 1 aromatic heterocycles. The molecule has 0 atom stereocenters. The molecule has 1 amide bonds. The van der Waals surface area contributed by atoms with Gasteiger partial charge in [-0.3, -0.25) is 14.9 Å². The summed E-state index contributed by atoms with van der Waals surface area (Å²) in [4.78, 5) is 38.6. The molecule has 0 radical (unpaired) electrons. The van der Waals surface area contributed by atoms with Crippen LogP contribution in [0.1, 0.15) is 15.9 Å². The summed E-state index contributed by atoms with van der Waals surface area (Å²) in [7, 11) is 3.10. The van der Waals surface area contributed by atoms with Gasteiger partial charge in [0.25, 0.3) is 11.6 Å². The van der Waals surface area contributed by atoms with Gasteiger partial charge < -0.3 is 9.30 Å². The van der Waals surface area contributed by atoms with Gasteiger partial charge in [0.15, 0.2) is 4.80 Å². The number of amides is 1. The highest BCUT2D eigenvalue weighted by molar-refractivity contribution is 7.16. The molecule has 0 unspecified atom stereocenters. The number of non-ortho nitro benzene ring substituents is 1. The molecule has 0 saturated heterocycles. The van der Waals surface area contributed by atoms with Crippen molar-refractivity contribution in [3.63, 3.8) is 0 Å². The van der Waals surface area contributed by atoms with Crippen molar-refractivity contribution >= 4 is 45.2 Å². The van der Waals surface area contributed by atoms with E-state index in [0.29, 0.717) is 15.9 Å². The van der Waals surface area contributed by atoms with Gasteiger partial charge in [0.05, 0.1) is 27.8 Å². The van der Waals surface area contributed by atoms with E-state index < -0.39 is 16.8 Å². The molecule has 0 aliphatic carbocycles. The highest BCUT2D eigenvalue weighted by Crippen LogP contribution is 2.19. The zero-order valence-electron chi connectivity index (χ0n) is 15.0. The van der Waals surface area contributed by atoms with Crippen molar-refractivity contribution in [1.82, 2.24) is 4.57 Å². The Bertz CT molecular complexity index is 1170. The number of hydrogen-bond donors (Lipinski definition) is 0. The van der Waals surface area contributed by atoms with Crippen molar-refractivity contribution in [3.8, 4) is 0 Å². The first kappa shape index (κ1) is 19.2. The molecule has 0 spiro atoms. The van der Waals surface area contributed by atoms with Gasteiger partial charge >= 0.3 is 5.97 Å². The van der Waals surface area contributed by atoms with E-state index in [-0.39, 0.29) is 5.69 Å². The highest BCUT2D eigenvalue weighted by atomic mass is 32.1. The van der Waals surface area contributed by atoms with E-state index in [2.05, 4.69) is 4.99 Å². The average Bonchev–Trinajstić information content (AvgIpc) is 3.00. The summed E-state index contributed by atoms with van der Waals surface area (Å²) in [6.07, 6.45) is 2.84. The highest BCUT2D eigenvalue weighted by Gasteiger charge is 2.10. The van der Waals surface area contributed by atoms with Gasteiger partial charge in [-0.2, -0.15) is 4.99 Å². The standard InChI is InChI=1S/C19H15N3O5S/c1-21-15-9-6-13(18(24)27-2)11-16(15)28-19(21)20-17(23)10-5-12-3-7-14(8-4-12)22(25)26/h3-11H,1-2H3. The molecule has 3 aromatic rings. The number of nitro groups is 1. The summed E-state index contributed by atoms with van der Waals surface area (Å²) in [5.41, 5.74) is 1.89. The Morgan fingerprint density at radius 3 is 2.57 bits per heavy atom. The quantitative estimate of drug-likeness (QED) is 0.291. The number of ether oxygens (including phenoxy) is 1. The number of carbonyl (C=O) groups is 2. The van der Waals surface area contributed by atoms with E-state index in [1.165, 1.54) is 42.7 Å². The van der Waals surface area contributed by atoms with Gasteiger partial charge in [0.2, 0.25) is 0 Å². The number of aryl methyl sites for hydroxylation is 1. The topological polar surface area (TPSA) is 104 Å². The summed E-state index contributed by atoms with van der Waals surface area (Å²) >= 11 is 1.28. The third-order valence-electron chi connectivity index (χ3n) is 3.96. The minimum atomic E-state index is -0.485.